The van der Waals surface area contributed by atoms with Crippen LogP contribution in [0.25, 0.3) is 0 Å². The van der Waals surface area contributed by atoms with E-state index in [0.717, 1.165) is 44.3 Å². The third-order valence-corrected chi connectivity index (χ3v) is 5.71. The standard InChI is InChI=1S/C16H18OS4/c18-13-5-1-3-7-15(13)20-11-9-17-10-12-21-16-8-4-2-6-14(16)19/h1-8,18-19H,9-12H2/p-2. The fourth-order valence-electron chi connectivity index (χ4n) is 1.66. The van der Waals surface area contributed by atoms with E-state index in [-0.39, 0.29) is 0 Å². The molecule has 0 aliphatic heterocycles. The Morgan fingerprint density at radius 3 is 1.57 bits per heavy atom. The molecule has 5 heteroatoms. The number of thioether (sulfide) groups is 2. The molecule has 0 bridgehead atoms. The van der Waals surface area contributed by atoms with E-state index in [9.17, 15) is 0 Å². The number of hydrogen-bond donors (Lipinski definition) is 0. The molecule has 112 valence electrons. The van der Waals surface area contributed by atoms with Crippen LogP contribution in [0.5, 0.6) is 0 Å². The molecule has 0 saturated carbocycles. The third-order valence-electron chi connectivity index (χ3n) is 2.67. The smallest absolute Gasteiger partial charge is 0.0560 e. The Morgan fingerprint density at radius 1 is 0.714 bits per heavy atom. The molecule has 0 radical (unpaired) electrons. The van der Waals surface area contributed by atoms with Crippen molar-refractivity contribution < 1.29 is 4.74 Å². The van der Waals surface area contributed by atoms with Crippen LogP contribution in [0.4, 0.5) is 0 Å². The van der Waals surface area contributed by atoms with Gasteiger partial charge >= 0.3 is 0 Å². The SMILES string of the molecule is [S-]c1ccccc1SCCOCCSc1ccccc1[S-]. The van der Waals surface area contributed by atoms with Gasteiger partial charge in [-0.1, -0.05) is 48.5 Å². The molecule has 21 heavy (non-hydrogen) atoms. The molecule has 2 aromatic rings. The largest absolute Gasteiger partial charge is 0.779 e. The normalized spacial score (nSPS) is 10.7. The second-order valence-electron chi connectivity index (χ2n) is 4.20. The molecule has 0 amide bonds. The topological polar surface area (TPSA) is 9.23 Å². The number of hydrogen-bond acceptors (Lipinski definition) is 5. The molecule has 0 heterocycles. The van der Waals surface area contributed by atoms with E-state index in [1.807, 2.05) is 36.4 Å². The van der Waals surface area contributed by atoms with E-state index in [1.165, 1.54) is 0 Å². The van der Waals surface area contributed by atoms with Gasteiger partial charge < -0.3 is 30.0 Å². The highest BCUT2D eigenvalue weighted by Crippen LogP contribution is 2.23. The quantitative estimate of drug-likeness (QED) is 0.394. The summed E-state index contributed by atoms with van der Waals surface area (Å²) >= 11 is 14.0. The number of ether oxygens (including phenoxy) is 1. The summed E-state index contributed by atoms with van der Waals surface area (Å²) in [5, 5.41) is 0. The van der Waals surface area contributed by atoms with Crippen molar-refractivity contribution in [3.63, 3.8) is 0 Å². The van der Waals surface area contributed by atoms with Crippen molar-refractivity contribution in [3.05, 3.63) is 48.5 Å². The Bertz CT molecular complexity index is 510. The monoisotopic (exact) mass is 352 g/mol. The van der Waals surface area contributed by atoms with Crippen molar-refractivity contribution in [2.75, 3.05) is 24.7 Å². The van der Waals surface area contributed by atoms with Gasteiger partial charge in [-0.05, 0) is 9.79 Å². The molecule has 0 fully saturated rings. The van der Waals surface area contributed by atoms with Gasteiger partial charge in [-0.15, -0.1) is 23.5 Å². The first-order chi connectivity index (χ1) is 10.3. The van der Waals surface area contributed by atoms with Gasteiger partial charge in [0.05, 0.1) is 13.2 Å². The Balaban J connectivity index is 1.57. The highest BCUT2D eigenvalue weighted by atomic mass is 32.2. The average molecular weight is 353 g/mol. The maximum atomic E-state index is 5.65. The van der Waals surface area contributed by atoms with Crippen molar-refractivity contribution in [3.8, 4) is 0 Å². The van der Waals surface area contributed by atoms with Gasteiger partial charge in [0.1, 0.15) is 0 Å². The van der Waals surface area contributed by atoms with Crippen LogP contribution in [0.15, 0.2) is 68.1 Å². The van der Waals surface area contributed by atoms with Gasteiger partial charge in [0.25, 0.3) is 0 Å². The van der Waals surface area contributed by atoms with E-state index < -0.39 is 0 Å². The Morgan fingerprint density at radius 2 is 1.14 bits per heavy atom. The van der Waals surface area contributed by atoms with Crippen LogP contribution < -0.4 is 0 Å². The molecule has 0 aliphatic carbocycles. The van der Waals surface area contributed by atoms with Gasteiger partial charge in [-0.3, -0.25) is 0 Å². The van der Waals surface area contributed by atoms with E-state index in [0.29, 0.717) is 0 Å². The zero-order valence-corrected chi connectivity index (χ0v) is 14.8. The zero-order chi connectivity index (χ0) is 14.9. The van der Waals surface area contributed by atoms with Gasteiger partial charge in [0, 0.05) is 11.5 Å². The van der Waals surface area contributed by atoms with Crippen molar-refractivity contribution in [2.24, 2.45) is 0 Å². The zero-order valence-electron chi connectivity index (χ0n) is 11.5. The molecular formula is C16H16OS4-2. The van der Waals surface area contributed by atoms with Crippen molar-refractivity contribution in [1.82, 2.24) is 0 Å². The van der Waals surface area contributed by atoms with Crippen LogP contribution in [0.3, 0.4) is 0 Å². The Hall–Kier alpha value is -0.460. The lowest BCUT2D eigenvalue weighted by Crippen LogP contribution is -2.01. The molecule has 0 aromatic heterocycles. The molecule has 0 N–H and O–H groups in total. The minimum atomic E-state index is 0.740. The second kappa shape index (κ2) is 9.54. The van der Waals surface area contributed by atoms with Crippen LogP contribution in [0.1, 0.15) is 0 Å². The lowest BCUT2D eigenvalue weighted by molar-refractivity contribution is 0.167. The van der Waals surface area contributed by atoms with Gasteiger partial charge in [-0.25, -0.2) is 0 Å². The maximum absolute atomic E-state index is 5.65. The van der Waals surface area contributed by atoms with Crippen LogP contribution in [-0.4, -0.2) is 24.7 Å². The molecule has 1 nitrogen and oxygen atoms in total. The molecule has 0 aliphatic rings. The van der Waals surface area contributed by atoms with E-state index >= 15 is 0 Å². The fourth-order valence-corrected chi connectivity index (χ4v) is 3.92. The Kier molecular flexibility index (Phi) is 7.68. The summed E-state index contributed by atoms with van der Waals surface area (Å²) in [6.07, 6.45) is 0. The summed E-state index contributed by atoms with van der Waals surface area (Å²) in [5.74, 6) is 1.85. The number of benzene rings is 2. The summed E-state index contributed by atoms with van der Waals surface area (Å²) in [4.78, 5) is 4.15. The molecular weight excluding hydrogens is 336 g/mol. The Labute approximate surface area is 146 Å². The summed E-state index contributed by atoms with van der Waals surface area (Å²) in [6, 6.07) is 16.0. The van der Waals surface area contributed by atoms with Crippen molar-refractivity contribution >= 4 is 48.8 Å². The first-order valence-electron chi connectivity index (χ1n) is 6.63. The summed E-state index contributed by atoms with van der Waals surface area (Å²) in [6.45, 7) is 1.48. The number of rotatable bonds is 8. The van der Waals surface area contributed by atoms with Gasteiger partial charge in [0.2, 0.25) is 0 Å². The molecule has 0 saturated heterocycles. The molecule has 2 rings (SSSR count). The first kappa shape index (κ1) is 16.9. The second-order valence-corrected chi connectivity index (χ2v) is 7.36. The lowest BCUT2D eigenvalue weighted by Gasteiger charge is -2.13. The predicted molar refractivity (Wildman–Crippen MR) is 96.4 cm³/mol. The molecule has 0 spiro atoms. The van der Waals surface area contributed by atoms with Crippen LogP contribution >= 0.6 is 23.5 Å². The summed E-state index contributed by atoms with van der Waals surface area (Å²) < 4.78 is 5.65. The summed E-state index contributed by atoms with van der Waals surface area (Å²) in [7, 11) is 0. The van der Waals surface area contributed by atoms with Crippen LogP contribution in [0.2, 0.25) is 0 Å². The first-order valence-corrected chi connectivity index (χ1v) is 9.41. The molecule has 2 aromatic carbocycles. The van der Waals surface area contributed by atoms with E-state index in [1.54, 1.807) is 23.5 Å². The van der Waals surface area contributed by atoms with Crippen LogP contribution in [0, 0.1) is 0 Å². The van der Waals surface area contributed by atoms with Crippen molar-refractivity contribution in [2.45, 2.75) is 19.6 Å². The van der Waals surface area contributed by atoms with E-state index in [4.69, 9.17) is 30.0 Å². The van der Waals surface area contributed by atoms with E-state index in [2.05, 4.69) is 12.1 Å². The summed E-state index contributed by atoms with van der Waals surface area (Å²) in [5.41, 5.74) is 0. The fraction of sp³-hybridized carbons (Fsp3) is 0.250. The predicted octanol–water partition coefficient (Wildman–Crippen LogP) is 4.40. The van der Waals surface area contributed by atoms with Crippen LogP contribution in [-0.2, 0) is 30.0 Å². The minimum Gasteiger partial charge on any atom is -0.779 e. The maximum Gasteiger partial charge on any atom is 0.0560 e. The minimum absolute atomic E-state index is 0.740. The highest BCUT2D eigenvalue weighted by molar-refractivity contribution is 7.99. The highest BCUT2D eigenvalue weighted by Gasteiger charge is 1.96. The van der Waals surface area contributed by atoms with Gasteiger partial charge in [-0.2, -0.15) is 9.79 Å². The van der Waals surface area contributed by atoms with Gasteiger partial charge in [0.15, 0.2) is 0 Å². The third kappa shape index (κ3) is 6.04. The lowest BCUT2D eigenvalue weighted by atomic mass is 10.4. The average Bonchev–Trinajstić information content (AvgIpc) is 2.50. The molecule has 0 unspecified atom stereocenters. The van der Waals surface area contributed by atoms with Crippen molar-refractivity contribution in [1.29, 1.82) is 0 Å². The molecule has 0 atom stereocenters.